The lowest BCUT2D eigenvalue weighted by atomic mass is 9.92. The lowest BCUT2D eigenvalue weighted by Gasteiger charge is -2.19. The first kappa shape index (κ1) is 20.8. The molecule has 7 nitrogen and oxygen atoms in total. The number of fused-ring (bicyclic) bond motifs is 2. The van der Waals surface area contributed by atoms with Crippen molar-refractivity contribution in [2.75, 3.05) is 12.3 Å². The van der Waals surface area contributed by atoms with Crippen LogP contribution in [0.4, 0.5) is 5.95 Å². The molecule has 2 heterocycles. The fraction of sp³-hybridized carbons (Fsp3) is 0.333. The second kappa shape index (κ2) is 8.71. The molecule has 3 N–H and O–H groups in total. The summed E-state index contributed by atoms with van der Waals surface area (Å²) in [5.74, 6) is -0.416. The topological polar surface area (TPSA) is 101 Å². The van der Waals surface area contributed by atoms with Crippen molar-refractivity contribution in [3.8, 4) is 0 Å². The van der Waals surface area contributed by atoms with Crippen LogP contribution in [0.3, 0.4) is 0 Å². The van der Waals surface area contributed by atoms with Crippen molar-refractivity contribution in [1.82, 2.24) is 20.2 Å². The second-order valence-corrected chi connectivity index (χ2v) is 7.87. The van der Waals surface area contributed by atoms with E-state index >= 15 is 0 Å². The molecule has 0 bridgehead atoms. The van der Waals surface area contributed by atoms with Crippen LogP contribution in [0.1, 0.15) is 59.8 Å². The molecule has 3 aromatic rings. The highest BCUT2D eigenvalue weighted by molar-refractivity contribution is 6.05. The van der Waals surface area contributed by atoms with Gasteiger partial charge in [-0.05, 0) is 42.2 Å². The number of amides is 2. The van der Waals surface area contributed by atoms with Gasteiger partial charge in [0.1, 0.15) is 5.69 Å². The summed E-state index contributed by atoms with van der Waals surface area (Å²) in [4.78, 5) is 36.5. The average molecular weight is 418 g/mol. The van der Waals surface area contributed by atoms with E-state index in [4.69, 9.17) is 5.73 Å². The number of carbonyl (C=O) groups is 2. The van der Waals surface area contributed by atoms with E-state index in [-0.39, 0.29) is 29.4 Å². The Morgan fingerprint density at radius 3 is 2.45 bits per heavy atom. The fourth-order valence-corrected chi connectivity index (χ4v) is 4.21. The highest BCUT2D eigenvalue weighted by Crippen LogP contribution is 2.29. The van der Waals surface area contributed by atoms with E-state index in [1.165, 1.54) is 0 Å². The van der Waals surface area contributed by atoms with Crippen LogP contribution in [0, 0.1) is 0 Å². The summed E-state index contributed by atoms with van der Waals surface area (Å²) >= 11 is 0. The molecular weight excluding hydrogens is 390 g/mol. The van der Waals surface area contributed by atoms with Gasteiger partial charge in [-0.25, -0.2) is 9.97 Å². The number of carbonyl (C=O) groups excluding carboxylic acids is 2. The Labute approximate surface area is 181 Å². The van der Waals surface area contributed by atoms with Crippen LogP contribution in [0.25, 0.3) is 10.9 Å². The predicted molar refractivity (Wildman–Crippen MR) is 120 cm³/mol. The van der Waals surface area contributed by atoms with Crippen LogP contribution in [-0.2, 0) is 17.9 Å². The Balaban J connectivity index is 1.74. The number of nitrogens with one attached hydrogen (secondary N) is 1. The Hall–Kier alpha value is -3.48. The standard InChI is InChI=1S/C24H27N5O2/c1-3-7-18(22(30)26-4-2)15-10-11-20-19(12-15)21(28-24(25)27-20)23(31)29-13-16-8-5-6-9-17(16)14-29/h5-6,8-12,18H,3-4,7,13-14H2,1-2H3,(H,26,30)(H2,25,27,28). The summed E-state index contributed by atoms with van der Waals surface area (Å²) in [6.45, 7) is 5.61. The number of benzene rings is 2. The number of hydrogen-bond acceptors (Lipinski definition) is 5. The summed E-state index contributed by atoms with van der Waals surface area (Å²) < 4.78 is 0. The number of aromatic nitrogens is 2. The minimum atomic E-state index is -0.286. The Morgan fingerprint density at radius 1 is 1.10 bits per heavy atom. The normalized spacial score (nSPS) is 13.8. The van der Waals surface area contributed by atoms with Gasteiger partial charge in [-0.3, -0.25) is 9.59 Å². The number of anilines is 1. The van der Waals surface area contributed by atoms with Gasteiger partial charge in [0.05, 0.1) is 11.4 Å². The number of likely N-dealkylation sites (N-methyl/N-ethyl adjacent to an activating group) is 1. The van der Waals surface area contributed by atoms with Crippen LogP contribution in [0.2, 0.25) is 0 Å². The van der Waals surface area contributed by atoms with E-state index in [1.54, 1.807) is 4.90 Å². The van der Waals surface area contributed by atoms with Gasteiger partial charge < -0.3 is 16.0 Å². The first-order valence-electron chi connectivity index (χ1n) is 10.7. The van der Waals surface area contributed by atoms with Gasteiger partial charge in [0.2, 0.25) is 11.9 Å². The van der Waals surface area contributed by atoms with Crippen molar-refractivity contribution in [2.45, 2.75) is 45.7 Å². The third-order valence-corrected chi connectivity index (χ3v) is 5.71. The van der Waals surface area contributed by atoms with Crippen LogP contribution in [0.15, 0.2) is 42.5 Å². The molecule has 1 unspecified atom stereocenters. The highest BCUT2D eigenvalue weighted by atomic mass is 16.2. The van der Waals surface area contributed by atoms with E-state index < -0.39 is 0 Å². The van der Waals surface area contributed by atoms with Crippen molar-refractivity contribution in [3.63, 3.8) is 0 Å². The Bertz CT molecular complexity index is 1120. The molecule has 0 saturated heterocycles. The molecule has 1 aliphatic rings. The van der Waals surface area contributed by atoms with Gasteiger partial charge in [-0.15, -0.1) is 0 Å². The van der Waals surface area contributed by atoms with E-state index in [0.29, 0.717) is 30.5 Å². The van der Waals surface area contributed by atoms with Crippen LogP contribution in [0.5, 0.6) is 0 Å². The predicted octanol–water partition coefficient (Wildman–Crippen LogP) is 3.39. The quantitative estimate of drug-likeness (QED) is 0.640. The van der Waals surface area contributed by atoms with Crippen LogP contribution < -0.4 is 11.1 Å². The summed E-state index contributed by atoms with van der Waals surface area (Å²) in [5, 5.41) is 3.54. The maximum absolute atomic E-state index is 13.4. The SMILES string of the molecule is CCCC(C(=O)NCC)c1ccc2nc(N)nc(C(=O)N3Cc4ccccc4C3)c2c1. The Kier molecular flexibility index (Phi) is 5.84. The van der Waals surface area contributed by atoms with Gasteiger partial charge in [0.25, 0.3) is 5.91 Å². The molecule has 31 heavy (non-hydrogen) atoms. The molecule has 160 valence electrons. The smallest absolute Gasteiger partial charge is 0.273 e. The van der Waals surface area contributed by atoms with E-state index in [1.807, 2.05) is 49.4 Å². The molecule has 1 aromatic heterocycles. The van der Waals surface area contributed by atoms with E-state index in [9.17, 15) is 9.59 Å². The number of nitrogens with two attached hydrogens (primary N) is 1. The third kappa shape index (κ3) is 4.08. The molecule has 0 radical (unpaired) electrons. The summed E-state index contributed by atoms with van der Waals surface area (Å²) in [5.41, 5.74) is 9.94. The van der Waals surface area contributed by atoms with Gasteiger partial charge in [0.15, 0.2) is 0 Å². The molecule has 1 atom stereocenters. The van der Waals surface area contributed by atoms with Crippen molar-refractivity contribution in [2.24, 2.45) is 0 Å². The average Bonchev–Trinajstić information content (AvgIpc) is 3.20. The minimum absolute atomic E-state index is 0.0112. The first-order valence-corrected chi connectivity index (χ1v) is 10.7. The highest BCUT2D eigenvalue weighted by Gasteiger charge is 2.27. The van der Waals surface area contributed by atoms with Crippen molar-refractivity contribution in [3.05, 3.63) is 64.8 Å². The van der Waals surface area contributed by atoms with Crippen molar-refractivity contribution >= 4 is 28.7 Å². The van der Waals surface area contributed by atoms with Gasteiger partial charge >= 0.3 is 0 Å². The number of nitrogen functional groups attached to an aromatic ring is 1. The molecule has 0 fully saturated rings. The number of hydrogen-bond donors (Lipinski definition) is 2. The zero-order chi connectivity index (χ0) is 22.0. The molecule has 0 spiro atoms. The molecular formula is C24H27N5O2. The fourth-order valence-electron chi connectivity index (χ4n) is 4.21. The van der Waals surface area contributed by atoms with E-state index in [0.717, 1.165) is 29.5 Å². The van der Waals surface area contributed by atoms with Gasteiger partial charge in [-0.1, -0.05) is 43.7 Å². The monoisotopic (exact) mass is 417 g/mol. The molecule has 2 aromatic carbocycles. The maximum Gasteiger partial charge on any atom is 0.273 e. The molecule has 0 saturated carbocycles. The van der Waals surface area contributed by atoms with Crippen LogP contribution in [-0.4, -0.2) is 33.2 Å². The summed E-state index contributed by atoms with van der Waals surface area (Å²) in [6.07, 6.45) is 1.59. The lowest BCUT2D eigenvalue weighted by molar-refractivity contribution is -0.122. The zero-order valence-electron chi connectivity index (χ0n) is 17.9. The van der Waals surface area contributed by atoms with E-state index in [2.05, 4.69) is 22.2 Å². The van der Waals surface area contributed by atoms with Gasteiger partial charge in [0, 0.05) is 25.0 Å². The zero-order valence-corrected chi connectivity index (χ0v) is 17.9. The summed E-state index contributed by atoms with van der Waals surface area (Å²) in [7, 11) is 0. The minimum Gasteiger partial charge on any atom is -0.368 e. The third-order valence-electron chi connectivity index (χ3n) is 5.71. The molecule has 7 heteroatoms. The number of nitrogens with zero attached hydrogens (tertiary/aromatic N) is 3. The maximum atomic E-state index is 13.4. The number of rotatable bonds is 6. The Morgan fingerprint density at radius 2 is 1.81 bits per heavy atom. The van der Waals surface area contributed by atoms with Crippen molar-refractivity contribution in [1.29, 1.82) is 0 Å². The van der Waals surface area contributed by atoms with Crippen LogP contribution >= 0.6 is 0 Å². The molecule has 1 aliphatic heterocycles. The summed E-state index contributed by atoms with van der Waals surface area (Å²) in [6, 6.07) is 13.6. The molecule has 0 aliphatic carbocycles. The lowest BCUT2D eigenvalue weighted by Crippen LogP contribution is -2.29. The first-order chi connectivity index (χ1) is 15.0. The molecule has 4 rings (SSSR count). The van der Waals surface area contributed by atoms with Crippen molar-refractivity contribution < 1.29 is 9.59 Å². The second-order valence-electron chi connectivity index (χ2n) is 7.87. The van der Waals surface area contributed by atoms with Gasteiger partial charge in [-0.2, -0.15) is 0 Å². The largest absolute Gasteiger partial charge is 0.368 e. The molecule has 2 amide bonds.